The van der Waals surface area contributed by atoms with Crippen molar-refractivity contribution in [2.45, 2.75) is 69.8 Å². The van der Waals surface area contributed by atoms with Crippen LogP contribution in [0.15, 0.2) is 18.3 Å². The molecule has 2 aliphatic carbocycles. The Morgan fingerprint density at radius 2 is 2.11 bits per heavy atom. The Balaban J connectivity index is 1.83. The minimum atomic E-state index is -0.491. The lowest BCUT2D eigenvalue weighted by atomic mass is 9.67. The Kier molecular flexibility index (Phi) is 3.62. The number of hydrogen-bond donors (Lipinski definition) is 1. The highest BCUT2D eigenvalue weighted by molar-refractivity contribution is 5.28. The van der Waals surface area contributed by atoms with E-state index >= 15 is 0 Å². The van der Waals surface area contributed by atoms with E-state index in [0.29, 0.717) is 0 Å². The van der Waals surface area contributed by atoms with Gasteiger partial charge in [-0.1, -0.05) is 19.4 Å². The van der Waals surface area contributed by atoms with Gasteiger partial charge in [0, 0.05) is 17.8 Å². The molecule has 1 aromatic rings. The fourth-order valence-electron chi connectivity index (χ4n) is 4.07. The molecule has 0 bridgehead atoms. The monoisotopic (exact) mass is 259 g/mol. The van der Waals surface area contributed by atoms with Crippen LogP contribution in [0.4, 0.5) is 0 Å². The smallest absolute Gasteiger partial charge is 0.0731 e. The second-order valence-electron chi connectivity index (χ2n) is 6.45. The summed E-state index contributed by atoms with van der Waals surface area (Å²) in [5.74, 6) is 1.10. The number of hydrogen-bond acceptors (Lipinski definition) is 2. The first-order valence-corrected chi connectivity index (χ1v) is 7.89. The Bertz CT molecular complexity index is 435. The molecule has 1 unspecified atom stereocenters. The summed E-state index contributed by atoms with van der Waals surface area (Å²) in [5.41, 5.74) is 2.06. The fourth-order valence-corrected chi connectivity index (χ4v) is 4.07. The number of nitrogens with zero attached hydrogens (tertiary/aromatic N) is 1. The number of aromatic nitrogens is 1. The van der Waals surface area contributed by atoms with Crippen LogP contribution in [-0.4, -0.2) is 15.7 Å². The van der Waals surface area contributed by atoms with Gasteiger partial charge in [-0.25, -0.2) is 0 Å². The van der Waals surface area contributed by atoms with E-state index in [1.54, 1.807) is 0 Å². The average molecular weight is 259 g/mol. The summed E-state index contributed by atoms with van der Waals surface area (Å²) in [6, 6.07) is 4.22. The van der Waals surface area contributed by atoms with Crippen molar-refractivity contribution >= 4 is 0 Å². The third-order valence-corrected chi connectivity index (χ3v) is 5.39. The van der Waals surface area contributed by atoms with Crippen LogP contribution in [0.2, 0.25) is 0 Å². The number of fused-ring (bicyclic) bond motifs is 1. The molecule has 0 radical (unpaired) electrons. The fraction of sp³-hybridized carbons (Fsp3) is 0.706. The maximum Gasteiger partial charge on any atom is 0.0731 e. The van der Waals surface area contributed by atoms with Gasteiger partial charge < -0.3 is 5.11 Å². The highest BCUT2D eigenvalue weighted by Gasteiger charge is 2.42. The molecule has 2 nitrogen and oxygen atoms in total. The molecule has 2 heteroatoms. The molecule has 104 valence electrons. The summed E-state index contributed by atoms with van der Waals surface area (Å²) in [7, 11) is 0. The molecular formula is C17H25NO. The zero-order valence-corrected chi connectivity index (χ0v) is 11.9. The number of rotatable bonds is 2. The van der Waals surface area contributed by atoms with Gasteiger partial charge in [-0.3, -0.25) is 4.98 Å². The minimum Gasteiger partial charge on any atom is -0.389 e. The molecule has 19 heavy (non-hydrogen) atoms. The van der Waals surface area contributed by atoms with Gasteiger partial charge in [0.05, 0.1) is 5.60 Å². The van der Waals surface area contributed by atoms with Gasteiger partial charge in [-0.05, 0) is 62.5 Å². The van der Waals surface area contributed by atoms with E-state index in [4.69, 9.17) is 0 Å². The van der Waals surface area contributed by atoms with Gasteiger partial charge in [0.25, 0.3) is 0 Å². The first-order valence-electron chi connectivity index (χ1n) is 7.89. The van der Waals surface area contributed by atoms with Crippen molar-refractivity contribution in [2.24, 2.45) is 5.92 Å². The van der Waals surface area contributed by atoms with Crippen molar-refractivity contribution in [3.8, 4) is 0 Å². The zero-order chi connectivity index (χ0) is 13.3. The largest absolute Gasteiger partial charge is 0.389 e. The molecule has 1 N–H and O–H groups in total. The van der Waals surface area contributed by atoms with E-state index in [-0.39, 0.29) is 5.92 Å². The van der Waals surface area contributed by atoms with Gasteiger partial charge in [-0.15, -0.1) is 0 Å². The van der Waals surface area contributed by atoms with Crippen LogP contribution in [0.3, 0.4) is 0 Å². The summed E-state index contributed by atoms with van der Waals surface area (Å²) in [6.07, 6.45) is 10.9. The van der Waals surface area contributed by atoms with Crippen molar-refractivity contribution in [3.05, 3.63) is 29.6 Å². The van der Waals surface area contributed by atoms with Gasteiger partial charge in [-0.2, -0.15) is 0 Å². The van der Waals surface area contributed by atoms with Crippen LogP contribution in [-0.2, 0) is 6.42 Å². The van der Waals surface area contributed by atoms with Gasteiger partial charge in [0.15, 0.2) is 0 Å². The van der Waals surface area contributed by atoms with Crippen molar-refractivity contribution < 1.29 is 5.11 Å². The lowest BCUT2D eigenvalue weighted by molar-refractivity contribution is -0.0390. The molecule has 1 saturated carbocycles. The molecule has 0 spiro atoms. The molecule has 2 aliphatic rings. The van der Waals surface area contributed by atoms with E-state index in [0.717, 1.165) is 31.6 Å². The Morgan fingerprint density at radius 3 is 2.84 bits per heavy atom. The maximum atomic E-state index is 11.1. The summed E-state index contributed by atoms with van der Waals surface area (Å²) >= 11 is 0. The van der Waals surface area contributed by atoms with Crippen molar-refractivity contribution in [2.75, 3.05) is 0 Å². The van der Waals surface area contributed by atoms with E-state index in [9.17, 15) is 5.11 Å². The molecule has 1 aromatic heterocycles. The Labute approximate surface area is 116 Å². The lowest BCUT2D eigenvalue weighted by Crippen LogP contribution is -2.41. The molecule has 1 heterocycles. The standard InChI is InChI=1S/C17H25NO/c1-2-13-8-10-17(19,11-9-13)15-7-3-5-14-6-4-12-18-16(14)15/h4,6,12-13,15,19H,2-3,5,7-11H2,1H3. The topological polar surface area (TPSA) is 33.1 Å². The first-order chi connectivity index (χ1) is 9.23. The molecule has 3 rings (SSSR count). The van der Waals surface area contributed by atoms with Crippen LogP contribution in [0, 0.1) is 5.92 Å². The number of aliphatic hydroxyl groups is 1. The van der Waals surface area contributed by atoms with Gasteiger partial charge in [0.1, 0.15) is 0 Å². The highest BCUT2D eigenvalue weighted by Crippen LogP contribution is 2.46. The van der Waals surface area contributed by atoms with Gasteiger partial charge >= 0.3 is 0 Å². The van der Waals surface area contributed by atoms with E-state index in [2.05, 4.69) is 18.0 Å². The van der Waals surface area contributed by atoms with Crippen molar-refractivity contribution in [3.63, 3.8) is 0 Å². The quantitative estimate of drug-likeness (QED) is 0.875. The van der Waals surface area contributed by atoms with Crippen LogP contribution in [0.5, 0.6) is 0 Å². The first kappa shape index (κ1) is 13.1. The number of pyridine rings is 1. The normalized spacial score (nSPS) is 34.8. The molecular weight excluding hydrogens is 234 g/mol. The van der Waals surface area contributed by atoms with E-state index in [1.807, 2.05) is 12.3 Å². The number of aryl methyl sites for hydroxylation is 1. The van der Waals surface area contributed by atoms with Crippen LogP contribution in [0.1, 0.15) is 69.0 Å². The van der Waals surface area contributed by atoms with E-state index in [1.165, 1.54) is 36.9 Å². The average Bonchev–Trinajstić information content (AvgIpc) is 2.47. The molecule has 0 aliphatic heterocycles. The summed E-state index contributed by atoms with van der Waals surface area (Å²) in [6.45, 7) is 2.27. The summed E-state index contributed by atoms with van der Waals surface area (Å²) < 4.78 is 0. The highest BCUT2D eigenvalue weighted by atomic mass is 16.3. The maximum absolute atomic E-state index is 11.1. The second-order valence-corrected chi connectivity index (χ2v) is 6.45. The third-order valence-electron chi connectivity index (χ3n) is 5.39. The molecule has 1 fully saturated rings. The predicted octanol–water partition coefficient (Wildman–Crippen LogP) is 3.83. The Hall–Kier alpha value is -0.890. The molecule has 0 saturated heterocycles. The second kappa shape index (κ2) is 5.24. The molecule has 0 amide bonds. The van der Waals surface area contributed by atoms with Crippen LogP contribution in [0.25, 0.3) is 0 Å². The van der Waals surface area contributed by atoms with Crippen molar-refractivity contribution in [1.82, 2.24) is 4.98 Å². The summed E-state index contributed by atoms with van der Waals surface area (Å²) in [5, 5.41) is 11.1. The SMILES string of the molecule is CCC1CCC(O)(C2CCCc3cccnc32)CC1. The third kappa shape index (κ3) is 2.43. The summed E-state index contributed by atoms with van der Waals surface area (Å²) in [4.78, 5) is 4.60. The lowest BCUT2D eigenvalue weighted by Gasteiger charge is -2.43. The van der Waals surface area contributed by atoms with Crippen LogP contribution < -0.4 is 0 Å². The zero-order valence-electron chi connectivity index (χ0n) is 11.9. The molecule has 1 atom stereocenters. The van der Waals surface area contributed by atoms with Crippen LogP contribution >= 0.6 is 0 Å². The Morgan fingerprint density at radius 1 is 1.32 bits per heavy atom. The minimum absolute atomic E-state index is 0.273. The van der Waals surface area contributed by atoms with E-state index < -0.39 is 5.60 Å². The van der Waals surface area contributed by atoms with Crippen molar-refractivity contribution in [1.29, 1.82) is 0 Å². The predicted molar refractivity (Wildman–Crippen MR) is 77.1 cm³/mol. The molecule has 0 aromatic carbocycles. The van der Waals surface area contributed by atoms with Gasteiger partial charge in [0.2, 0.25) is 0 Å².